The van der Waals surface area contributed by atoms with E-state index in [2.05, 4.69) is 15.0 Å². The summed E-state index contributed by atoms with van der Waals surface area (Å²) in [5, 5.41) is 3.88. The molecular weight excluding hydrogens is 651 g/mol. The van der Waals surface area contributed by atoms with Gasteiger partial charge in [-0.25, -0.2) is 27.4 Å². The summed E-state index contributed by atoms with van der Waals surface area (Å²) in [6.07, 6.45) is -1.94. The standard InChI is InChI=1S/C26H29ClF3N5O7S2/c1-26(2,3)42-25(37)35(22-13-43-14-32-22)44(38,39)21-11-16(27)19(12-17(21)28)33-18-7-6-15(41-23(29)30)10-20(18)34(4)8-5-9-40-24(31)36/h6-7,10-14,23,33H,5,8-9H2,1-4H3,(H2,31,36). The van der Waals surface area contributed by atoms with Crippen LogP contribution < -0.4 is 25.0 Å². The Morgan fingerprint density at radius 1 is 1.18 bits per heavy atom. The number of thiazole rings is 1. The lowest BCUT2D eigenvalue weighted by Crippen LogP contribution is -2.41. The lowest BCUT2D eigenvalue weighted by Gasteiger charge is -2.26. The summed E-state index contributed by atoms with van der Waals surface area (Å²) >= 11 is 7.40. The largest absolute Gasteiger partial charge is 0.450 e. The molecule has 0 unspecified atom stereocenters. The van der Waals surface area contributed by atoms with Crippen LogP contribution in [0.3, 0.4) is 0 Å². The molecular formula is C26H29ClF3N5O7S2. The van der Waals surface area contributed by atoms with E-state index in [-0.39, 0.29) is 45.4 Å². The first-order valence-electron chi connectivity index (χ1n) is 12.6. The molecule has 0 aliphatic carbocycles. The zero-order valence-electron chi connectivity index (χ0n) is 23.8. The maximum atomic E-state index is 15.5. The van der Waals surface area contributed by atoms with Crippen molar-refractivity contribution in [3.05, 3.63) is 52.1 Å². The summed E-state index contributed by atoms with van der Waals surface area (Å²) in [5.41, 5.74) is 5.63. The number of nitrogens with one attached hydrogen (secondary N) is 1. The van der Waals surface area contributed by atoms with Crippen LogP contribution in [0.25, 0.3) is 0 Å². The van der Waals surface area contributed by atoms with Crippen LogP contribution >= 0.6 is 22.9 Å². The van der Waals surface area contributed by atoms with Crippen LogP contribution in [-0.2, 0) is 19.5 Å². The Morgan fingerprint density at radius 2 is 1.89 bits per heavy atom. The first-order valence-corrected chi connectivity index (χ1v) is 15.4. The van der Waals surface area contributed by atoms with Crippen molar-refractivity contribution in [3.8, 4) is 5.75 Å². The summed E-state index contributed by atoms with van der Waals surface area (Å²) in [7, 11) is -3.31. The lowest BCUT2D eigenvalue weighted by atomic mass is 10.2. The van der Waals surface area contributed by atoms with E-state index in [1.165, 1.54) is 49.9 Å². The quantitative estimate of drug-likeness (QED) is 0.208. The topological polar surface area (TPSA) is 153 Å². The smallest absolute Gasteiger partial charge is 0.430 e. The van der Waals surface area contributed by atoms with E-state index >= 15 is 4.39 Å². The molecule has 0 radical (unpaired) electrons. The van der Waals surface area contributed by atoms with Gasteiger partial charge in [-0.2, -0.15) is 8.78 Å². The van der Waals surface area contributed by atoms with Crippen LogP contribution in [0.15, 0.2) is 46.1 Å². The van der Waals surface area contributed by atoms with E-state index < -0.39 is 45.1 Å². The van der Waals surface area contributed by atoms with E-state index in [9.17, 15) is 26.8 Å². The highest BCUT2D eigenvalue weighted by Gasteiger charge is 2.38. The molecule has 44 heavy (non-hydrogen) atoms. The minimum Gasteiger partial charge on any atom is -0.450 e. The third-order valence-electron chi connectivity index (χ3n) is 5.48. The number of rotatable bonds is 12. The molecule has 18 heteroatoms. The third-order valence-corrected chi connectivity index (χ3v) is 8.06. The van der Waals surface area contributed by atoms with Gasteiger partial charge in [0.05, 0.1) is 34.2 Å². The molecule has 0 aliphatic heterocycles. The molecule has 3 rings (SSSR count). The summed E-state index contributed by atoms with van der Waals surface area (Å²) in [5.74, 6) is -1.75. The second kappa shape index (κ2) is 14.2. The zero-order chi connectivity index (χ0) is 32.8. The lowest BCUT2D eigenvalue weighted by molar-refractivity contribution is -0.0498. The van der Waals surface area contributed by atoms with Gasteiger partial charge in [-0.15, -0.1) is 15.6 Å². The van der Waals surface area contributed by atoms with Gasteiger partial charge in [-0.1, -0.05) is 11.6 Å². The number of ether oxygens (including phenoxy) is 3. The number of nitrogens with zero attached hydrogens (tertiary/aromatic N) is 3. The first kappa shape index (κ1) is 34.5. The fourth-order valence-corrected chi connectivity index (χ4v) is 5.90. The molecule has 0 spiro atoms. The van der Waals surface area contributed by atoms with Gasteiger partial charge in [0.2, 0.25) is 0 Å². The number of benzene rings is 2. The van der Waals surface area contributed by atoms with E-state index in [1.54, 1.807) is 11.9 Å². The average Bonchev–Trinajstić information content (AvgIpc) is 3.41. The molecule has 0 saturated carbocycles. The molecule has 0 fully saturated rings. The normalized spacial score (nSPS) is 11.7. The van der Waals surface area contributed by atoms with Crippen molar-refractivity contribution in [3.63, 3.8) is 0 Å². The number of hydrogen-bond acceptors (Lipinski definition) is 11. The number of primary amides is 1. The Balaban J connectivity index is 1.98. The van der Waals surface area contributed by atoms with Gasteiger partial charge in [0.15, 0.2) is 5.82 Å². The number of aromatic nitrogens is 1. The van der Waals surface area contributed by atoms with Crippen molar-refractivity contribution < 1.29 is 45.4 Å². The van der Waals surface area contributed by atoms with Gasteiger partial charge in [0.1, 0.15) is 22.1 Å². The number of amides is 2. The van der Waals surface area contributed by atoms with Crippen LogP contribution in [0.4, 0.5) is 45.6 Å². The predicted molar refractivity (Wildman–Crippen MR) is 159 cm³/mol. The third kappa shape index (κ3) is 9.03. The molecule has 0 atom stereocenters. The van der Waals surface area contributed by atoms with Gasteiger partial charge >= 0.3 is 18.8 Å². The summed E-state index contributed by atoms with van der Waals surface area (Å²) in [6.45, 7) is 1.74. The summed E-state index contributed by atoms with van der Waals surface area (Å²) in [6, 6.07) is 5.51. The number of anilines is 4. The van der Waals surface area contributed by atoms with Crippen molar-refractivity contribution in [2.75, 3.05) is 34.7 Å². The Morgan fingerprint density at radius 3 is 2.48 bits per heavy atom. The maximum Gasteiger partial charge on any atom is 0.430 e. The molecule has 0 saturated heterocycles. The number of carbonyl (C=O) groups is 2. The van der Waals surface area contributed by atoms with Crippen LogP contribution in [0, 0.1) is 5.82 Å². The summed E-state index contributed by atoms with van der Waals surface area (Å²) in [4.78, 5) is 28.3. The minimum absolute atomic E-state index is 0.0101. The van der Waals surface area contributed by atoms with Gasteiger partial charge in [0, 0.05) is 31.1 Å². The molecule has 0 aliphatic rings. The van der Waals surface area contributed by atoms with E-state index in [0.29, 0.717) is 12.1 Å². The molecule has 2 amide bonds. The number of halogens is 4. The number of nitrogens with two attached hydrogens (primary N) is 1. The monoisotopic (exact) mass is 679 g/mol. The fraction of sp³-hybridized carbons (Fsp3) is 0.346. The average molecular weight is 680 g/mol. The summed E-state index contributed by atoms with van der Waals surface area (Å²) < 4.78 is 83.1. The number of alkyl halides is 2. The highest BCUT2D eigenvalue weighted by atomic mass is 35.5. The van der Waals surface area contributed by atoms with Gasteiger partial charge in [-0.3, -0.25) is 0 Å². The van der Waals surface area contributed by atoms with Crippen molar-refractivity contribution >= 4 is 68.0 Å². The van der Waals surface area contributed by atoms with Crippen LogP contribution in [0.5, 0.6) is 5.75 Å². The van der Waals surface area contributed by atoms with E-state index in [4.69, 9.17) is 26.8 Å². The SMILES string of the molecule is CN(CCCOC(N)=O)c1cc(OC(F)F)ccc1Nc1cc(F)c(S(=O)(=O)N(C(=O)OC(C)(C)C)c2cscn2)cc1Cl. The molecule has 3 N–H and O–H groups in total. The Hall–Kier alpha value is -3.96. The number of carbonyl (C=O) groups excluding carboxylic acids is 2. The predicted octanol–water partition coefficient (Wildman–Crippen LogP) is 6.33. The van der Waals surface area contributed by atoms with Crippen molar-refractivity contribution in [1.82, 2.24) is 4.98 Å². The molecule has 0 bridgehead atoms. The Bertz CT molecular complexity index is 1590. The Labute approximate surface area is 260 Å². The minimum atomic E-state index is -4.92. The van der Waals surface area contributed by atoms with Gasteiger partial charge in [0.25, 0.3) is 10.0 Å². The highest BCUT2D eigenvalue weighted by Crippen LogP contribution is 2.37. The van der Waals surface area contributed by atoms with E-state index in [1.807, 2.05) is 0 Å². The highest BCUT2D eigenvalue weighted by molar-refractivity contribution is 7.93. The fourth-order valence-electron chi connectivity index (χ4n) is 3.69. The van der Waals surface area contributed by atoms with Gasteiger partial charge in [-0.05, 0) is 45.4 Å². The van der Waals surface area contributed by atoms with Crippen LogP contribution in [0.1, 0.15) is 27.2 Å². The molecule has 3 aromatic rings. The number of sulfonamides is 1. The molecule has 240 valence electrons. The van der Waals surface area contributed by atoms with Crippen molar-refractivity contribution in [1.29, 1.82) is 0 Å². The van der Waals surface area contributed by atoms with Crippen molar-refractivity contribution in [2.24, 2.45) is 5.73 Å². The molecule has 1 aromatic heterocycles. The van der Waals surface area contributed by atoms with Crippen molar-refractivity contribution in [2.45, 2.75) is 44.3 Å². The van der Waals surface area contributed by atoms with Crippen LogP contribution in [-0.4, -0.2) is 58.0 Å². The molecule has 1 heterocycles. The second-order valence-corrected chi connectivity index (χ2v) is 12.9. The zero-order valence-corrected chi connectivity index (χ0v) is 26.2. The number of hydrogen-bond donors (Lipinski definition) is 2. The Kier molecular flexibility index (Phi) is 11.2. The first-order chi connectivity index (χ1) is 20.5. The molecule has 2 aromatic carbocycles. The maximum absolute atomic E-state index is 15.5. The second-order valence-electron chi connectivity index (χ2n) is 9.98. The van der Waals surface area contributed by atoms with E-state index in [0.717, 1.165) is 23.5 Å². The van der Waals surface area contributed by atoms with Crippen LogP contribution in [0.2, 0.25) is 5.02 Å². The van der Waals surface area contributed by atoms with Gasteiger partial charge < -0.3 is 30.2 Å². The molecule has 12 nitrogen and oxygen atoms in total.